The average Bonchev–Trinajstić information content (AvgIpc) is 2.18. The molecule has 0 aromatic rings. The molecule has 1 aliphatic rings. The Morgan fingerprint density at radius 1 is 1.40 bits per heavy atom. The zero-order valence-corrected chi connectivity index (χ0v) is 10.3. The number of hydrazine groups is 1. The van der Waals surface area contributed by atoms with E-state index in [1.54, 1.807) is 0 Å². The van der Waals surface area contributed by atoms with Crippen LogP contribution in [0.15, 0.2) is 0 Å². The molecule has 1 saturated carbocycles. The monoisotopic (exact) mass is 214 g/mol. The van der Waals surface area contributed by atoms with E-state index in [0.29, 0.717) is 18.1 Å². The molecule has 90 valence electrons. The third kappa shape index (κ3) is 4.49. The molecular formula is C12H26N2O. The summed E-state index contributed by atoms with van der Waals surface area (Å²) in [5.41, 5.74) is 2.92. The number of hydrogen-bond acceptors (Lipinski definition) is 3. The van der Waals surface area contributed by atoms with Crippen LogP contribution >= 0.6 is 0 Å². The predicted molar refractivity (Wildman–Crippen MR) is 63.3 cm³/mol. The van der Waals surface area contributed by atoms with Gasteiger partial charge in [0.05, 0.1) is 12.7 Å². The third-order valence-corrected chi connectivity index (χ3v) is 3.37. The zero-order valence-electron chi connectivity index (χ0n) is 10.3. The maximum atomic E-state index is 5.64. The highest BCUT2D eigenvalue weighted by Gasteiger charge is 2.26. The zero-order chi connectivity index (χ0) is 11.3. The number of hydrogen-bond donors (Lipinski definition) is 2. The molecule has 3 unspecified atom stereocenters. The van der Waals surface area contributed by atoms with Crippen LogP contribution in [-0.2, 0) is 4.74 Å². The van der Waals surface area contributed by atoms with E-state index in [2.05, 4.69) is 26.2 Å². The van der Waals surface area contributed by atoms with E-state index >= 15 is 0 Å². The van der Waals surface area contributed by atoms with Crippen LogP contribution in [0.1, 0.15) is 46.5 Å². The van der Waals surface area contributed by atoms with Gasteiger partial charge in [-0.05, 0) is 38.5 Å². The van der Waals surface area contributed by atoms with Gasteiger partial charge in [0.25, 0.3) is 0 Å². The van der Waals surface area contributed by atoms with E-state index in [1.807, 2.05) is 0 Å². The van der Waals surface area contributed by atoms with Crippen molar-refractivity contribution >= 4 is 0 Å². The van der Waals surface area contributed by atoms with Crippen molar-refractivity contribution in [3.8, 4) is 0 Å². The summed E-state index contributed by atoms with van der Waals surface area (Å²) in [4.78, 5) is 0. The summed E-state index contributed by atoms with van der Waals surface area (Å²) in [5, 5.41) is 0. The van der Waals surface area contributed by atoms with Crippen molar-refractivity contribution in [2.75, 3.05) is 6.61 Å². The summed E-state index contributed by atoms with van der Waals surface area (Å²) in [5.74, 6) is 7.14. The lowest BCUT2D eigenvalue weighted by Gasteiger charge is -2.33. The number of nitrogens with one attached hydrogen (secondary N) is 1. The van der Waals surface area contributed by atoms with Gasteiger partial charge in [-0.2, -0.15) is 0 Å². The minimum absolute atomic E-state index is 0.293. The van der Waals surface area contributed by atoms with Crippen LogP contribution in [0.25, 0.3) is 0 Å². The van der Waals surface area contributed by atoms with Crippen LogP contribution in [0.5, 0.6) is 0 Å². The normalized spacial score (nSPS) is 29.4. The molecule has 0 saturated heterocycles. The van der Waals surface area contributed by atoms with Gasteiger partial charge < -0.3 is 4.74 Å². The maximum Gasteiger partial charge on any atom is 0.0639 e. The molecule has 0 spiro atoms. The number of ether oxygens (including phenoxy) is 1. The lowest BCUT2D eigenvalue weighted by atomic mass is 9.79. The van der Waals surface area contributed by atoms with Crippen molar-refractivity contribution in [3.05, 3.63) is 0 Å². The fraction of sp³-hybridized carbons (Fsp3) is 1.00. The lowest BCUT2D eigenvalue weighted by Crippen LogP contribution is -2.45. The molecule has 3 nitrogen and oxygen atoms in total. The van der Waals surface area contributed by atoms with Gasteiger partial charge in [-0.3, -0.25) is 11.3 Å². The van der Waals surface area contributed by atoms with E-state index in [1.165, 1.54) is 25.7 Å². The van der Waals surface area contributed by atoms with E-state index in [-0.39, 0.29) is 0 Å². The maximum absolute atomic E-state index is 5.64. The average molecular weight is 214 g/mol. The second-order valence-electron chi connectivity index (χ2n) is 5.19. The Bertz CT molecular complexity index is 173. The Labute approximate surface area is 93.7 Å². The molecular weight excluding hydrogens is 188 g/mol. The highest BCUT2D eigenvalue weighted by molar-refractivity contribution is 4.80. The van der Waals surface area contributed by atoms with Gasteiger partial charge in [-0.1, -0.05) is 19.8 Å². The Morgan fingerprint density at radius 2 is 2.13 bits per heavy atom. The Balaban J connectivity index is 2.35. The minimum atomic E-state index is 0.293. The fourth-order valence-electron chi connectivity index (χ4n) is 2.46. The van der Waals surface area contributed by atoms with Crippen molar-refractivity contribution in [3.63, 3.8) is 0 Å². The molecule has 0 heterocycles. The first-order valence-corrected chi connectivity index (χ1v) is 6.21. The molecule has 0 radical (unpaired) electrons. The van der Waals surface area contributed by atoms with Gasteiger partial charge in [-0.15, -0.1) is 0 Å². The molecule has 0 aromatic heterocycles. The summed E-state index contributed by atoms with van der Waals surface area (Å²) in [7, 11) is 0. The third-order valence-electron chi connectivity index (χ3n) is 3.37. The van der Waals surface area contributed by atoms with E-state index in [9.17, 15) is 0 Å². The molecule has 3 heteroatoms. The Hall–Kier alpha value is -0.120. The van der Waals surface area contributed by atoms with Crippen molar-refractivity contribution in [2.45, 2.75) is 58.6 Å². The number of nitrogens with two attached hydrogens (primary N) is 1. The highest BCUT2D eigenvalue weighted by Crippen LogP contribution is 2.30. The molecule has 15 heavy (non-hydrogen) atoms. The van der Waals surface area contributed by atoms with Gasteiger partial charge in [-0.25, -0.2) is 0 Å². The summed E-state index contributed by atoms with van der Waals surface area (Å²) in [6, 6.07) is 0.329. The molecule has 0 bridgehead atoms. The van der Waals surface area contributed by atoms with Crippen LogP contribution < -0.4 is 11.3 Å². The Kier molecular flexibility index (Phi) is 5.58. The first-order chi connectivity index (χ1) is 7.13. The van der Waals surface area contributed by atoms with Gasteiger partial charge in [0, 0.05) is 6.04 Å². The van der Waals surface area contributed by atoms with Gasteiger partial charge in [0.2, 0.25) is 0 Å². The van der Waals surface area contributed by atoms with Gasteiger partial charge in [0.15, 0.2) is 0 Å². The first-order valence-electron chi connectivity index (χ1n) is 6.21. The molecule has 3 atom stereocenters. The summed E-state index contributed by atoms with van der Waals surface area (Å²) in [6.07, 6.45) is 5.59. The molecule has 0 amide bonds. The molecule has 3 N–H and O–H groups in total. The predicted octanol–water partition coefficient (Wildman–Crippen LogP) is 2.07. The molecule has 1 aliphatic carbocycles. The summed E-state index contributed by atoms with van der Waals surface area (Å²) >= 11 is 0. The quantitative estimate of drug-likeness (QED) is 0.544. The van der Waals surface area contributed by atoms with Crippen LogP contribution in [0.3, 0.4) is 0 Å². The molecule has 0 aliphatic heterocycles. The molecule has 1 rings (SSSR count). The fourth-order valence-corrected chi connectivity index (χ4v) is 2.46. The first kappa shape index (κ1) is 12.9. The van der Waals surface area contributed by atoms with Crippen molar-refractivity contribution < 1.29 is 4.74 Å². The van der Waals surface area contributed by atoms with Crippen LogP contribution in [0.4, 0.5) is 0 Å². The highest BCUT2D eigenvalue weighted by atomic mass is 16.5. The lowest BCUT2D eigenvalue weighted by molar-refractivity contribution is 0.0396. The SMILES string of the molecule is CC1CCCC(C(COC(C)C)NN)C1. The van der Waals surface area contributed by atoms with E-state index in [0.717, 1.165) is 12.5 Å². The number of rotatable bonds is 5. The Morgan fingerprint density at radius 3 is 2.67 bits per heavy atom. The summed E-state index contributed by atoms with van der Waals surface area (Å²) < 4.78 is 5.64. The van der Waals surface area contributed by atoms with E-state index in [4.69, 9.17) is 10.6 Å². The molecule has 0 aromatic carbocycles. The molecule has 1 fully saturated rings. The standard InChI is InChI=1S/C12H26N2O/c1-9(2)15-8-12(14-13)11-6-4-5-10(3)7-11/h9-12,14H,4-8,13H2,1-3H3. The topological polar surface area (TPSA) is 47.3 Å². The summed E-state index contributed by atoms with van der Waals surface area (Å²) in [6.45, 7) is 7.21. The second-order valence-corrected chi connectivity index (χ2v) is 5.19. The van der Waals surface area contributed by atoms with Crippen LogP contribution in [0.2, 0.25) is 0 Å². The van der Waals surface area contributed by atoms with Gasteiger partial charge >= 0.3 is 0 Å². The largest absolute Gasteiger partial charge is 0.377 e. The van der Waals surface area contributed by atoms with Crippen LogP contribution in [0, 0.1) is 11.8 Å². The smallest absolute Gasteiger partial charge is 0.0639 e. The van der Waals surface area contributed by atoms with Crippen molar-refractivity contribution in [1.82, 2.24) is 5.43 Å². The van der Waals surface area contributed by atoms with Crippen molar-refractivity contribution in [2.24, 2.45) is 17.7 Å². The second kappa shape index (κ2) is 6.46. The van der Waals surface area contributed by atoms with Gasteiger partial charge in [0.1, 0.15) is 0 Å². The van der Waals surface area contributed by atoms with Crippen LogP contribution in [-0.4, -0.2) is 18.8 Å². The van der Waals surface area contributed by atoms with Crippen molar-refractivity contribution in [1.29, 1.82) is 0 Å². The van der Waals surface area contributed by atoms with E-state index < -0.39 is 0 Å². The minimum Gasteiger partial charge on any atom is -0.377 e.